The van der Waals surface area contributed by atoms with Gasteiger partial charge >= 0.3 is 5.97 Å². The van der Waals surface area contributed by atoms with Gasteiger partial charge in [0.2, 0.25) is 5.91 Å². The summed E-state index contributed by atoms with van der Waals surface area (Å²) in [4.78, 5) is 39.5. The third kappa shape index (κ3) is 5.71. The molecule has 1 N–H and O–H groups in total. The van der Waals surface area contributed by atoms with Gasteiger partial charge in [-0.3, -0.25) is 9.59 Å². The molecular weight excluding hydrogens is 376 g/mol. The summed E-state index contributed by atoms with van der Waals surface area (Å²) in [6.45, 7) is 10.1. The molecule has 0 unspecified atom stereocenters. The molecule has 0 aliphatic heterocycles. The molecule has 0 aliphatic rings. The standard InChI is InChI=1S/C18H27ClN2O4S/c1-6-21(7-2)17(23)15-12(5)14(18(24)25-11(3)4)16(26-15)20-13(22)9-8-10-19/h11H,6-10H2,1-5H3,(H,20,22). The Morgan fingerprint density at radius 1 is 1.23 bits per heavy atom. The van der Waals surface area contributed by atoms with Crippen LogP contribution < -0.4 is 5.32 Å². The van der Waals surface area contributed by atoms with Gasteiger partial charge in [-0.2, -0.15) is 0 Å². The second-order valence-corrected chi connectivity index (χ2v) is 7.43. The zero-order valence-corrected chi connectivity index (χ0v) is 17.6. The van der Waals surface area contributed by atoms with Crippen LogP contribution in [0.1, 0.15) is 66.1 Å². The van der Waals surface area contributed by atoms with Crippen molar-refractivity contribution in [3.05, 3.63) is 16.0 Å². The number of hydrogen-bond donors (Lipinski definition) is 1. The van der Waals surface area contributed by atoms with Crippen LogP contribution in [0.2, 0.25) is 0 Å². The van der Waals surface area contributed by atoms with E-state index in [0.29, 0.717) is 40.8 Å². The van der Waals surface area contributed by atoms with E-state index in [2.05, 4.69) is 5.32 Å². The molecule has 0 radical (unpaired) electrons. The van der Waals surface area contributed by atoms with E-state index in [0.717, 1.165) is 11.3 Å². The van der Waals surface area contributed by atoms with Gasteiger partial charge in [-0.1, -0.05) is 0 Å². The van der Waals surface area contributed by atoms with Crippen LogP contribution >= 0.6 is 22.9 Å². The Morgan fingerprint density at radius 3 is 2.35 bits per heavy atom. The lowest BCUT2D eigenvalue weighted by atomic mass is 10.1. The largest absolute Gasteiger partial charge is 0.459 e. The number of hydrogen-bond acceptors (Lipinski definition) is 5. The Kier molecular flexibility index (Phi) is 9.08. The first-order valence-corrected chi connectivity index (χ1v) is 10.1. The maximum atomic E-state index is 12.8. The van der Waals surface area contributed by atoms with E-state index in [1.54, 1.807) is 25.7 Å². The van der Waals surface area contributed by atoms with E-state index in [9.17, 15) is 14.4 Å². The molecule has 0 saturated carbocycles. The fourth-order valence-corrected chi connectivity index (χ4v) is 3.71. The first-order chi connectivity index (χ1) is 12.3. The number of alkyl halides is 1. The number of nitrogens with zero attached hydrogens (tertiary/aromatic N) is 1. The second kappa shape index (κ2) is 10.5. The van der Waals surface area contributed by atoms with Crippen LogP contribution in [-0.4, -0.2) is 47.8 Å². The Balaban J connectivity index is 3.28. The number of carbonyl (C=O) groups is 3. The molecular formula is C18H27ClN2O4S. The Labute approximate surface area is 163 Å². The van der Waals surface area contributed by atoms with Gasteiger partial charge in [0.1, 0.15) is 5.00 Å². The summed E-state index contributed by atoms with van der Waals surface area (Å²) in [5, 5.41) is 3.09. The Bertz CT molecular complexity index is 654. The number of anilines is 1. The highest BCUT2D eigenvalue weighted by molar-refractivity contribution is 7.18. The van der Waals surface area contributed by atoms with Gasteiger partial charge < -0.3 is 15.0 Å². The highest BCUT2D eigenvalue weighted by atomic mass is 35.5. The lowest BCUT2D eigenvalue weighted by Gasteiger charge is -2.18. The van der Waals surface area contributed by atoms with Crippen LogP contribution in [0.3, 0.4) is 0 Å². The minimum absolute atomic E-state index is 0.155. The number of thiophene rings is 1. The molecule has 1 aromatic heterocycles. The van der Waals surface area contributed by atoms with E-state index in [1.807, 2.05) is 13.8 Å². The molecule has 0 atom stereocenters. The third-order valence-electron chi connectivity index (χ3n) is 3.73. The maximum absolute atomic E-state index is 12.8. The lowest BCUT2D eigenvalue weighted by Crippen LogP contribution is -2.30. The summed E-state index contributed by atoms with van der Waals surface area (Å²) in [6, 6.07) is 0. The van der Waals surface area contributed by atoms with Crippen LogP contribution in [0, 0.1) is 6.92 Å². The fourth-order valence-electron chi connectivity index (χ4n) is 2.40. The van der Waals surface area contributed by atoms with Crippen molar-refractivity contribution in [3.63, 3.8) is 0 Å². The topological polar surface area (TPSA) is 75.7 Å². The van der Waals surface area contributed by atoms with Gasteiger partial charge in [0.25, 0.3) is 5.91 Å². The van der Waals surface area contributed by atoms with E-state index < -0.39 is 5.97 Å². The summed E-state index contributed by atoms with van der Waals surface area (Å²) in [5.74, 6) is -0.560. The second-order valence-electron chi connectivity index (χ2n) is 6.03. The highest BCUT2D eigenvalue weighted by Crippen LogP contribution is 2.35. The molecule has 26 heavy (non-hydrogen) atoms. The van der Waals surface area contributed by atoms with Crippen molar-refractivity contribution in [2.75, 3.05) is 24.3 Å². The van der Waals surface area contributed by atoms with Crippen LogP contribution in [0.4, 0.5) is 5.00 Å². The van der Waals surface area contributed by atoms with Crippen molar-refractivity contribution in [2.45, 2.75) is 53.6 Å². The van der Waals surface area contributed by atoms with Crippen molar-refractivity contribution in [1.82, 2.24) is 4.90 Å². The molecule has 1 heterocycles. The number of ether oxygens (including phenoxy) is 1. The molecule has 0 fully saturated rings. The number of halogens is 1. The molecule has 6 nitrogen and oxygen atoms in total. The SMILES string of the molecule is CCN(CC)C(=O)c1sc(NC(=O)CCCCl)c(C(=O)OC(C)C)c1C. The lowest BCUT2D eigenvalue weighted by molar-refractivity contribution is -0.116. The number of rotatable bonds is 9. The maximum Gasteiger partial charge on any atom is 0.341 e. The molecule has 2 amide bonds. The number of esters is 1. The van der Waals surface area contributed by atoms with Gasteiger partial charge in [-0.15, -0.1) is 22.9 Å². The van der Waals surface area contributed by atoms with Crippen molar-refractivity contribution < 1.29 is 19.1 Å². The van der Waals surface area contributed by atoms with E-state index >= 15 is 0 Å². The van der Waals surface area contributed by atoms with Gasteiger partial charge in [-0.05, 0) is 46.6 Å². The van der Waals surface area contributed by atoms with Crippen LogP contribution in [0.25, 0.3) is 0 Å². The summed E-state index contributed by atoms with van der Waals surface area (Å²) in [5.41, 5.74) is 0.781. The zero-order valence-electron chi connectivity index (χ0n) is 16.0. The molecule has 0 bridgehead atoms. The summed E-state index contributed by atoms with van der Waals surface area (Å²) in [7, 11) is 0. The average Bonchev–Trinajstić information content (AvgIpc) is 2.89. The van der Waals surface area contributed by atoms with Crippen LogP contribution in [0.5, 0.6) is 0 Å². The van der Waals surface area contributed by atoms with Gasteiger partial charge in [0.15, 0.2) is 0 Å². The predicted octanol–water partition coefficient (Wildman–Crippen LogP) is 4.06. The average molecular weight is 403 g/mol. The first kappa shape index (κ1) is 22.4. The van der Waals surface area contributed by atoms with Gasteiger partial charge in [0.05, 0.1) is 16.5 Å². The van der Waals surface area contributed by atoms with Crippen molar-refractivity contribution in [1.29, 1.82) is 0 Å². The number of amides is 2. The minimum Gasteiger partial charge on any atom is -0.459 e. The van der Waals surface area contributed by atoms with E-state index in [4.69, 9.17) is 16.3 Å². The van der Waals surface area contributed by atoms with Crippen LogP contribution in [0.15, 0.2) is 0 Å². The molecule has 0 spiro atoms. The molecule has 0 aromatic carbocycles. The zero-order chi connectivity index (χ0) is 19.9. The highest BCUT2D eigenvalue weighted by Gasteiger charge is 2.28. The third-order valence-corrected chi connectivity index (χ3v) is 5.19. The van der Waals surface area contributed by atoms with Crippen molar-refractivity contribution in [3.8, 4) is 0 Å². The molecule has 146 valence electrons. The van der Waals surface area contributed by atoms with Crippen molar-refractivity contribution in [2.24, 2.45) is 0 Å². The normalized spacial score (nSPS) is 10.7. The van der Waals surface area contributed by atoms with E-state index in [-0.39, 0.29) is 29.9 Å². The van der Waals surface area contributed by atoms with E-state index in [1.165, 1.54) is 0 Å². The molecule has 0 saturated heterocycles. The minimum atomic E-state index is -0.542. The number of carbonyl (C=O) groups excluding carboxylic acids is 3. The predicted molar refractivity (Wildman–Crippen MR) is 105 cm³/mol. The van der Waals surface area contributed by atoms with Gasteiger partial charge in [-0.25, -0.2) is 4.79 Å². The monoisotopic (exact) mass is 402 g/mol. The van der Waals surface area contributed by atoms with Crippen molar-refractivity contribution >= 4 is 45.7 Å². The molecule has 8 heteroatoms. The number of nitrogens with one attached hydrogen (secondary N) is 1. The molecule has 1 aromatic rings. The van der Waals surface area contributed by atoms with Gasteiger partial charge in [0, 0.05) is 25.4 Å². The first-order valence-electron chi connectivity index (χ1n) is 8.76. The molecule has 0 aliphatic carbocycles. The fraction of sp³-hybridized carbons (Fsp3) is 0.611. The summed E-state index contributed by atoms with van der Waals surface area (Å²) in [6.07, 6.45) is 0.483. The Hall–Kier alpha value is -1.60. The summed E-state index contributed by atoms with van der Waals surface area (Å²) >= 11 is 6.74. The smallest absolute Gasteiger partial charge is 0.341 e. The quantitative estimate of drug-likeness (QED) is 0.499. The molecule has 1 rings (SSSR count). The van der Waals surface area contributed by atoms with Crippen LogP contribution in [-0.2, 0) is 9.53 Å². The summed E-state index contributed by atoms with van der Waals surface area (Å²) < 4.78 is 5.30. The Morgan fingerprint density at radius 2 is 1.85 bits per heavy atom.